The first-order valence-corrected chi connectivity index (χ1v) is 7.17. The van der Waals surface area contributed by atoms with Gasteiger partial charge in [-0.15, -0.1) is 0 Å². The summed E-state index contributed by atoms with van der Waals surface area (Å²) in [5, 5.41) is 4.72. The van der Waals surface area contributed by atoms with Crippen molar-refractivity contribution >= 4 is 38.0 Å². The van der Waals surface area contributed by atoms with Crippen LogP contribution in [0.3, 0.4) is 0 Å². The fourth-order valence-corrected chi connectivity index (χ4v) is 3.27. The van der Waals surface area contributed by atoms with Crippen LogP contribution in [0.4, 0.5) is 0 Å². The molecule has 0 radical (unpaired) electrons. The number of benzene rings is 2. The topological polar surface area (TPSA) is 34.6 Å². The van der Waals surface area contributed by atoms with Crippen molar-refractivity contribution < 1.29 is 4.42 Å². The second kappa shape index (κ2) is 3.98. The Morgan fingerprint density at radius 2 is 1.59 bits per heavy atom. The van der Waals surface area contributed by atoms with Gasteiger partial charge in [-0.25, -0.2) is 4.79 Å². The zero-order chi connectivity index (χ0) is 14.7. The van der Waals surface area contributed by atoms with Crippen molar-refractivity contribution in [1.82, 2.24) is 4.40 Å². The average molecular weight is 285 g/mol. The first-order chi connectivity index (χ1) is 10.8. The van der Waals surface area contributed by atoms with Crippen LogP contribution in [-0.4, -0.2) is 4.40 Å². The third kappa shape index (κ3) is 1.37. The number of hydrogen-bond acceptors (Lipinski definition) is 2. The van der Waals surface area contributed by atoms with Crippen LogP contribution in [0.25, 0.3) is 38.0 Å². The number of rotatable bonds is 0. The minimum absolute atomic E-state index is 0.285. The van der Waals surface area contributed by atoms with Gasteiger partial charge >= 0.3 is 5.63 Å². The highest BCUT2D eigenvalue weighted by atomic mass is 16.4. The molecular weight excluding hydrogens is 274 g/mol. The third-order valence-electron chi connectivity index (χ3n) is 4.25. The number of pyridine rings is 1. The lowest BCUT2D eigenvalue weighted by Gasteiger charge is -2.01. The van der Waals surface area contributed by atoms with Crippen molar-refractivity contribution in [3.63, 3.8) is 0 Å². The molecule has 104 valence electrons. The Bertz CT molecular complexity index is 1240. The van der Waals surface area contributed by atoms with Gasteiger partial charge in [-0.2, -0.15) is 0 Å². The molecule has 22 heavy (non-hydrogen) atoms. The Labute approximate surface area is 125 Å². The van der Waals surface area contributed by atoms with E-state index in [1.807, 2.05) is 59.3 Å². The number of aromatic nitrogens is 1. The molecule has 0 spiro atoms. The molecule has 0 atom stereocenters. The van der Waals surface area contributed by atoms with Gasteiger partial charge in [0.1, 0.15) is 5.58 Å². The highest BCUT2D eigenvalue weighted by molar-refractivity contribution is 6.16. The van der Waals surface area contributed by atoms with E-state index in [0.717, 1.165) is 27.1 Å². The average Bonchev–Trinajstić information content (AvgIpc) is 2.96. The van der Waals surface area contributed by atoms with Gasteiger partial charge in [-0.05, 0) is 17.5 Å². The fourth-order valence-electron chi connectivity index (χ4n) is 3.27. The van der Waals surface area contributed by atoms with E-state index in [9.17, 15) is 4.79 Å². The summed E-state index contributed by atoms with van der Waals surface area (Å²) in [6.07, 6.45) is 4.00. The predicted molar refractivity (Wildman–Crippen MR) is 88.5 cm³/mol. The highest BCUT2D eigenvalue weighted by Gasteiger charge is 2.14. The molecule has 3 aromatic heterocycles. The van der Waals surface area contributed by atoms with E-state index in [4.69, 9.17) is 4.42 Å². The van der Waals surface area contributed by atoms with Gasteiger partial charge in [-0.3, -0.25) is 0 Å². The van der Waals surface area contributed by atoms with Gasteiger partial charge in [0.15, 0.2) is 0 Å². The zero-order valence-electron chi connectivity index (χ0n) is 11.6. The van der Waals surface area contributed by atoms with Gasteiger partial charge in [0.05, 0.1) is 10.9 Å². The molecule has 2 aromatic carbocycles. The van der Waals surface area contributed by atoms with Crippen molar-refractivity contribution in [1.29, 1.82) is 0 Å². The van der Waals surface area contributed by atoms with Crippen molar-refractivity contribution in [2.75, 3.05) is 0 Å². The highest BCUT2D eigenvalue weighted by Crippen LogP contribution is 2.31. The second-order valence-electron chi connectivity index (χ2n) is 5.46. The van der Waals surface area contributed by atoms with Gasteiger partial charge in [0.25, 0.3) is 0 Å². The molecular formula is C19H11NO2. The lowest BCUT2D eigenvalue weighted by molar-refractivity contribution is 0.570. The van der Waals surface area contributed by atoms with Crippen LogP contribution in [0, 0.1) is 0 Å². The van der Waals surface area contributed by atoms with E-state index in [2.05, 4.69) is 12.1 Å². The standard InChI is InChI=1S/C19H11NO2/c21-19-17-15(14-7-3-4-8-16(14)22-19)11-20-10-9-12-5-1-2-6-13(12)18(17)20/h1-11H. The van der Waals surface area contributed by atoms with E-state index in [0.29, 0.717) is 11.0 Å². The molecule has 3 heterocycles. The van der Waals surface area contributed by atoms with E-state index in [1.165, 1.54) is 0 Å². The summed E-state index contributed by atoms with van der Waals surface area (Å²) in [5.74, 6) is 0. The van der Waals surface area contributed by atoms with Crippen LogP contribution >= 0.6 is 0 Å². The lowest BCUT2D eigenvalue weighted by atomic mass is 10.1. The maximum absolute atomic E-state index is 12.5. The molecule has 0 saturated heterocycles. The molecule has 3 heteroatoms. The molecule has 0 aliphatic heterocycles. The molecule has 0 aliphatic rings. The molecule has 0 unspecified atom stereocenters. The van der Waals surface area contributed by atoms with Crippen LogP contribution in [-0.2, 0) is 0 Å². The van der Waals surface area contributed by atoms with Gasteiger partial charge in [-0.1, -0.05) is 42.5 Å². The number of nitrogens with zero attached hydrogens (tertiary/aromatic N) is 1. The minimum atomic E-state index is -0.285. The first-order valence-electron chi connectivity index (χ1n) is 7.17. The van der Waals surface area contributed by atoms with Gasteiger partial charge < -0.3 is 8.82 Å². The first kappa shape index (κ1) is 11.6. The predicted octanol–water partition coefficient (Wildman–Crippen LogP) is 4.35. The SMILES string of the molecule is O=c1oc2ccccc2c2cn3ccc4ccccc4c3c12. The zero-order valence-corrected chi connectivity index (χ0v) is 11.6. The fraction of sp³-hybridized carbons (Fsp3) is 0. The van der Waals surface area contributed by atoms with Crippen molar-refractivity contribution in [3.8, 4) is 0 Å². The monoisotopic (exact) mass is 285 g/mol. The summed E-state index contributed by atoms with van der Waals surface area (Å²) in [6, 6.07) is 17.8. The van der Waals surface area contributed by atoms with E-state index >= 15 is 0 Å². The van der Waals surface area contributed by atoms with Crippen LogP contribution < -0.4 is 5.63 Å². The maximum atomic E-state index is 12.5. The van der Waals surface area contributed by atoms with Gasteiger partial charge in [0.2, 0.25) is 0 Å². The van der Waals surface area contributed by atoms with Crippen LogP contribution in [0.1, 0.15) is 0 Å². The molecule has 5 aromatic rings. The Morgan fingerprint density at radius 3 is 2.50 bits per heavy atom. The van der Waals surface area contributed by atoms with Crippen molar-refractivity contribution in [2.24, 2.45) is 0 Å². The Hall–Kier alpha value is -3.07. The Kier molecular flexibility index (Phi) is 2.09. The normalized spacial score (nSPS) is 11.8. The number of hydrogen-bond donors (Lipinski definition) is 0. The summed E-state index contributed by atoms with van der Waals surface area (Å²) in [6.45, 7) is 0. The summed E-state index contributed by atoms with van der Waals surface area (Å²) in [4.78, 5) is 12.5. The lowest BCUT2D eigenvalue weighted by Crippen LogP contribution is -1.98. The summed E-state index contributed by atoms with van der Waals surface area (Å²) >= 11 is 0. The smallest absolute Gasteiger partial charge is 0.346 e. The molecule has 0 amide bonds. The maximum Gasteiger partial charge on any atom is 0.346 e. The molecule has 0 N–H and O–H groups in total. The molecule has 5 rings (SSSR count). The van der Waals surface area contributed by atoms with Crippen LogP contribution in [0.2, 0.25) is 0 Å². The second-order valence-corrected chi connectivity index (χ2v) is 5.46. The molecule has 0 bridgehead atoms. The summed E-state index contributed by atoms with van der Waals surface area (Å²) in [5.41, 5.74) is 1.25. The van der Waals surface area contributed by atoms with Gasteiger partial charge in [0, 0.05) is 28.6 Å². The minimum Gasteiger partial charge on any atom is -0.422 e. The Morgan fingerprint density at radius 1 is 0.818 bits per heavy atom. The van der Waals surface area contributed by atoms with E-state index < -0.39 is 0 Å². The quantitative estimate of drug-likeness (QED) is 0.396. The van der Waals surface area contributed by atoms with E-state index in [-0.39, 0.29) is 5.63 Å². The third-order valence-corrected chi connectivity index (χ3v) is 4.25. The largest absolute Gasteiger partial charge is 0.422 e. The summed E-state index contributed by atoms with van der Waals surface area (Å²) in [7, 11) is 0. The van der Waals surface area contributed by atoms with Crippen molar-refractivity contribution in [2.45, 2.75) is 0 Å². The molecule has 0 aliphatic carbocycles. The molecule has 3 nitrogen and oxygen atoms in total. The van der Waals surface area contributed by atoms with Crippen molar-refractivity contribution in [3.05, 3.63) is 77.4 Å². The Balaban J connectivity index is 2.18. The van der Waals surface area contributed by atoms with Crippen LogP contribution in [0.5, 0.6) is 0 Å². The number of para-hydroxylation sites is 1. The van der Waals surface area contributed by atoms with E-state index in [1.54, 1.807) is 0 Å². The van der Waals surface area contributed by atoms with Crippen LogP contribution in [0.15, 0.2) is 76.2 Å². The number of fused-ring (bicyclic) bond motifs is 7. The summed E-state index contributed by atoms with van der Waals surface area (Å²) < 4.78 is 7.53. The molecule has 0 saturated carbocycles. The molecule has 0 fully saturated rings.